The number of aromatic nitrogens is 1. The third kappa shape index (κ3) is 4.20. The predicted molar refractivity (Wildman–Crippen MR) is 110 cm³/mol. The van der Waals surface area contributed by atoms with Gasteiger partial charge in [-0.25, -0.2) is 4.98 Å². The second-order valence-electron chi connectivity index (χ2n) is 7.34. The summed E-state index contributed by atoms with van der Waals surface area (Å²) in [5.41, 5.74) is 2.34. The van der Waals surface area contributed by atoms with Crippen molar-refractivity contribution in [2.24, 2.45) is 0 Å². The summed E-state index contributed by atoms with van der Waals surface area (Å²) < 4.78 is 1.24. The van der Waals surface area contributed by atoms with Crippen molar-refractivity contribution in [3.63, 3.8) is 0 Å². The molecule has 1 aliphatic heterocycles. The number of likely N-dealkylation sites (tertiary alicyclic amines) is 1. The molecule has 0 spiro atoms. The number of amides is 1. The zero-order valence-electron chi connectivity index (χ0n) is 15.7. The lowest BCUT2D eigenvalue weighted by molar-refractivity contribution is -0.683. The Bertz CT molecular complexity index is 875. The number of rotatable bonds is 5. The second kappa shape index (κ2) is 8.19. The number of fused-ring (bicyclic) bond motifs is 1. The monoisotopic (exact) mass is 380 g/mol. The molecule has 2 N–H and O–H groups in total. The highest BCUT2D eigenvalue weighted by Crippen LogP contribution is 2.32. The van der Waals surface area contributed by atoms with Crippen molar-refractivity contribution in [2.75, 3.05) is 19.6 Å². The van der Waals surface area contributed by atoms with E-state index >= 15 is 0 Å². The lowest BCUT2D eigenvalue weighted by Gasteiger charge is -2.31. The number of nitrogens with two attached hydrogens (primary N) is 1. The van der Waals surface area contributed by atoms with Gasteiger partial charge in [0.05, 0.1) is 15.2 Å². The average Bonchev–Trinajstić information content (AvgIpc) is 3.17. The van der Waals surface area contributed by atoms with Gasteiger partial charge in [0.1, 0.15) is 6.04 Å². The van der Waals surface area contributed by atoms with E-state index in [9.17, 15) is 4.79 Å². The van der Waals surface area contributed by atoms with Crippen molar-refractivity contribution in [2.45, 2.75) is 31.7 Å². The number of quaternary nitrogens is 1. The van der Waals surface area contributed by atoms with E-state index in [1.165, 1.54) is 15.3 Å². The van der Waals surface area contributed by atoms with Crippen LogP contribution in [0.25, 0.3) is 10.2 Å². The number of carbonyl (C=O) groups excluding carboxylic acids is 1. The average molecular weight is 381 g/mol. The van der Waals surface area contributed by atoms with E-state index in [1.54, 1.807) is 11.3 Å². The Morgan fingerprint density at radius 3 is 2.81 bits per heavy atom. The highest BCUT2D eigenvalue weighted by atomic mass is 32.1. The van der Waals surface area contributed by atoms with Gasteiger partial charge >= 0.3 is 0 Å². The molecule has 2 heterocycles. The summed E-state index contributed by atoms with van der Waals surface area (Å²) in [6, 6.07) is 19.0. The molecule has 3 aromatic rings. The molecule has 0 unspecified atom stereocenters. The zero-order chi connectivity index (χ0) is 18.6. The molecule has 5 heteroatoms. The Morgan fingerprint density at radius 1 is 1.22 bits per heavy atom. The number of thiazole rings is 1. The molecule has 0 bridgehead atoms. The van der Waals surface area contributed by atoms with Gasteiger partial charge in [-0.2, -0.15) is 0 Å². The number of hydrogen-bond donors (Lipinski definition) is 1. The van der Waals surface area contributed by atoms with Crippen molar-refractivity contribution in [3.05, 3.63) is 65.2 Å². The molecule has 1 fully saturated rings. The Hall–Kier alpha value is -2.24. The maximum absolute atomic E-state index is 12.8. The standard InChI is InChI=1S/C22H25N3OS/c1-16(17-8-3-2-4-9-17)23-14-21(26)25-13-7-10-18(15-25)22-24-19-11-5-6-12-20(19)27-22/h2-6,8-9,11-12,16,18,23H,7,10,13-15H2,1H3/p+1/t16-,18+/m0/s1. The van der Waals surface area contributed by atoms with Crippen LogP contribution in [0.2, 0.25) is 0 Å². The summed E-state index contributed by atoms with van der Waals surface area (Å²) in [6.45, 7) is 4.32. The molecule has 1 aliphatic rings. The molecule has 2 atom stereocenters. The van der Waals surface area contributed by atoms with Gasteiger partial charge in [-0.1, -0.05) is 42.5 Å². The van der Waals surface area contributed by atoms with Gasteiger partial charge in [0.15, 0.2) is 6.54 Å². The van der Waals surface area contributed by atoms with Crippen LogP contribution in [-0.2, 0) is 4.79 Å². The first kappa shape index (κ1) is 18.1. The number of hydrogen-bond acceptors (Lipinski definition) is 3. The van der Waals surface area contributed by atoms with Gasteiger partial charge in [-0.05, 0) is 31.9 Å². The molecule has 0 radical (unpaired) electrons. The number of carbonyl (C=O) groups is 1. The molecule has 27 heavy (non-hydrogen) atoms. The Kier molecular flexibility index (Phi) is 5.50. The van der Waals surface area contributed by atoms with E-state index in [4.69, 9.17) is 4.98 Å². The van der Waals surface area contributed by atoms with E-state index in [1.807, 2.05) is 17.0 Å². The van der Waals surface area contributed by atoms with Crippen LogP contribution < -0.4 is 5.32 Å². The quantitative estimate of drug-likeness (QED) is 0.738. The molecular formula is C22H26N3OS+. The number of piperidine rings is 1. The second-order valence-corrected chi connectivity index (χ2v) is 8.40. The smallest absolute Gasteiger partial charge is 0.277 e. The first-order chi connectivity index (χ1) is 13.2. The van der Waals surface area contributed by atoms with Crippen LogP contribution in [0.5, 0.6) is 0 Å². The molecule has 1 amide bonds. The van der Waals surface area contributed by atoms with Gasteiger partial charge in [0, 0.05) is 24.6 Å². The minimum atomic E-state index is 0.239. The van der Waals surface area contributed by atoms with Crippen LogP contribution in [0.3, 0.4) is 0 Å². The predicted octanol–water partition coefficient (Wildman–Crippen LogP) is 3.33. The van der Waals surface area contributed by atoms with Crippen molar-refractivity contribution in [1.82, 2.24) is 9.88 Å². The maximum atomic E-state index is 12.8. The minimum Gasteiger partial charge on any atom is -0.337 e. The molecule has 0 saturated carbocycles. The summed E-state index contributed by atoms with van der Waals surface area (Å²) in [6.07, 6.45) is 2.17. The molecule has 4 nitrogen and oxygen atoms in total. The molecule has 1 saturated heterocycles. The minimum absolute atomic E-state index is 0.239. The van der Waals surface area contributed by atoms with Gasteiger partial charge in [0.25, 0.3) is 5.91 Å². The third-order valence-corrected chi connectivity index (χ3v) is 6.60. The van der Waals surface area contributed by atoms with Crippen molar-refractivity contribution in [3.8, 4) is 0 Å². The molecule has 140 valence electrons. The summed E-state index contributed by atoms with van der Waals surface area (Å²) in [7, 11) is 0. The summed E-state index contributed by atoms with van der Waals surface area (Å²) in [5, 5.41) is 3.31. The number of para-hydroxylation sites is 1. The lowest BCUT2D eigenvalue weighted by Crippen LogP contribution is -2.87. The largest absolute Gasteiger partial charge is 0.337 e. The summed E-state index contributed by atoms with van der Waals surface area (Å²) in [5.74, 6) is 0.607. The lowest BCUT2D eigenvalue weighted by atomic mass is 9.98. The Balaban J connectivity index is 1.36. The van der Waals surface area contributed by atoms with Gasteiger partial charge in [-0.15, -0.1) is 11.3 Å². The van der Waals surface area contributed by atoms with Crippen LogP contribution in [0.4, 0.5) is 0 Å². The summed E-state index contributed by atoms with van der Waals surface area (Å²) >= 11 is 1.78. The van der Waals surface area contributed by atoms with E-state index in [-0.39, 0.29) is 5.91 Å². The van der Waals surface area contributed by atoms with Gasteiger partial charge in [-0.3, -0.25) is 4.79 Å². The Labute approximate surface area is 164 Å². The topological polar surface area (TPSA) is 49.8 Å². The van der Waals surface area contributed by atoms with E-state index in [0.717, 1.165) is 31.4 Å². The van der Waals surface area contributed by atoms with E-state index in [0.29, 0.717) is 18.5 Å². The van der Waals surface area contributed by atoms with Crippen LogP contribution in [-0.4, -0.2) is 35.4 Å². The zero-order valence-corrected chi connectivity index (χ0v) is 16.5. The Morgan fingerprint density at radius 2 is 2.00 bits per heavy atom. The highest BCUT2D eigenvalue weighted by molar-refractivity contribution is 7.18. The summed E-state index contributed by atoms with van der Waals surface area (Å²) in [4.78, 5) is 19.6. The van der Waals surface area contributed by atoms with Crippen LogP contribution in [0, 0.1) is 0 Å². The molecule has 4 rings (SSSR count). The van der Waals surface area contributed by atoms with Crippen molar-refractivity contribution >= 4 is 27.5 Å². The van der Waals surface area contributed by atoms with Crippen LogP contribution in [0.1, 0.15) is 42.3 Å². The van der Waals surface area contributed by atoms with Crippen LogP contribution in [0.15, 0.2) is 54.6 Å². The third-order valence-electron chi connectivity index (χ3n) is 5.41. The van der Waals surface area contributed by atoms with Crippen molar-refractivity contribution in [1.29, 1.82) is 0 Å². The fourth-order valence-corrected chi connectivity index (χ4v) is 4.86. The molecule has 1 aromatic heterocycles. The van der Waals surface area contributed by atoms with E-state index < -0.39 is 0 Å². The fourth-order valence-electron chi connectivity index (χ4n) is 3.77. The maximum Gasteiger partial charge on any atom is 0.277 e. The first-order valence-corrected chi connectivity index (χ1v) is 10.5. The fraction of sp³-hybridized carbons (Fsp3) is 0.364. The van der Waals surface area contributed by atoms with Crippen LogP contribution >= 0.6 is 11.3 Å². The van der Waals surface area contributed by atoms with Crippen molar-refractivity contribution < 1.29 is 10.1 Å². The first-order valence-electron chi connectivity index (χ1n) is 9.72. The SMILES string of the molecule is C[C@H]([NH2+]CC(=O)N1CCC[C@@H](c2nc3ccccc3s2)C1)c1ccccc1. The van der Waals surface area contributed by atoms with Gasteiger partial charge < -0.3 is 10.2 Å². The normalized spacial score (nSPS) is 18.6. The molecular weight excluding hydrogens is 354 g/mol. The molecule has 2 aromatic carbocycles. The van der Waals surface area contributed by atoms with E-state index in [2.05, 4.69) is 54.7 Å². The number of benzene rings is 2. The number of nitrogens with zero attached hydrogens (tertiary/aromatic N) is 2. The van der Waals surface area contributed by atoms with Gasteiger partial charge in [0.2, 0.25) is 0 Å². The highest BCUT2D eigenvalue weighted by Gasteiger charge is 2.27. The molecule has 0 aliphatic carbocycles.